The van der Waals surface area contributed by atoms with Gasteiger partial charge in [-0.2, -0.15) is 5.26 Å². The standard InChI is InChI=1S/C25H18FNO2/c1-2-3-16-4-10-22-17(12-16)5-6-18-13-19(8-11-23(18)22)25(28)29-21-9-7-20(15-27)24(26)14-21/h4-14H,2-3H2,1H3. The highest BCUT2D eigenvalue weighted by atomic mass is 19.1. The lowest BCUT2D eigenvalue weighted by Crippen LogP contribution is -2.08. The van der Waals surface area contributed by atoms with E-state index in [0.29, 0.717) is 5.56 Å². The number of ether oxygens (including phenoxy) is 1. The first-order chi connectivity index (χ1) is 14.1. The van der Waals surface area contributed by atoms with Crippen molar-refractivity contribution in [1.29, 1.82) is 5.26 Å². The number of carbonyl (C=O) groups excluding carboxylic acids is 1. The fourth-order valence-electron chi connectivity index (χ4n) is 3.51. The van der Waals surface area contributed by atoms with Gasteiger partial charge in [-0.15, -0.1) is 0 Å². The Morgan fingerprint density at radius 3 is 2.38 bits per heavy atom. The van der Waals surface area contributed by atoms with Crippen molar-refractivity contribution in [1.82, 2.24) is 0 Å². The van der Waals surface area contributed by atoms with Crippen molar-refractivity contribution in [2.24, 2.45) is 0 Å². The molecule has 0 bridgehead atoms. The summed E-state index contributed by atoms with van der Waals surface area (Å²) in [5.74, 6) is -1.23. The van der Waals surface area contributed by atoms with Crippen LogP contribution in [0.1, 0.15) is 34.8 Å². The Morgan fingerprint density at radius 2 is 1.69 bits per heavy atom. The molecule has 0 saturated heterocycles. The summed E-state index contributed by atoms with van der Waals surface area (Å²) in [5, 5.41) is 13.1. The van der Waals surface area contributed by atoms with Crippen molar-refractivity contribution >= 4 is 27.5 Å². The highest BCUT2D eigenvalue weighted by Gasteiger charge is 2.12. The Hall–Kier alpha value is -3.71. The Kier molecular flexibility index (Phi) is 4.97. The maximum atomic E-state index is 13.7. The van der Waals surface area contributed by atoms with Gasteiger partial charge in [-0.1, -0.05) is 49.7 Å². The highest BCUT2D eigenvalue weighted by Crippen LogP contribution is 2.28. The Labute approximate surface area is 168 Å². The molecule has 3 nitrogen and oxygen atoms in total. The maximum Gasteiger partial charge on any atom is 0.343 e. The molecule has 29 heavy (non-hydrogen) atoms. The predicted molar refractivity (Wildman–Crippen MR) is 112 cm³/mol. The fourth-order valence-corrected chi connectivity index (χ4v) is 3.51. The molecule has 4 heteroatoms. The van der Waals surface area contributed by atoms with Crippen molar-refractivity contribution in [3.05, 3.63) is 89.2 Å². The average molecular weight is 383 g/mol. The molecular formula is C25H18FNO2. The van der Waals surface area contributed by atoms with Gasteiger partial charge in [0, 0.05) is 6.07 Å². The predicted octanol–water partition coefficient (Wildman–Crippen LogP) is 6.18. The second-order valence-corrected chi connectivity index (χ2v) is 6.95. The molecule has 0 aliphatic carbocycles. The van der Waals surface area contributed by atoms with Crippen LogP contribution in [0, 0.1) is 17.1 Å². The normalized spacial score (nSPS) is 10.8. The number of hydrogen-bond donors (Lipinski definition) is 0. The monoisotopic (exact) mass is 383 g/mol. The van der Waals surface area contributed by atoms with E-state index in [1.807, 2.05) is 12.1 Å². The maximum absolute atomic E-state index is 13.7. The van der Waals surface area contributed by atoms with Crippen LogP contribution in [-0.4, -0.2) is 5.97 Å². The zero-order chi connectivity index (χ0) is 20.4. The van der Waals surface area contributed by atoms with Gasteiger partial charge in [0.25, 0.3) is 0 Å². The second-order valence-electron chi connectivity index (χ2n) is 6.95. The minimum atomic E-state index is -0.717. The summed E-state index contributed by atoms with van der Waals surface area (Å²) >= 11 is 0. The van der Waals surface area contributed by atoms with Crippen molar-refractivity contribution in [2.45, 2.75) is 19.8 Å². The van der Waals surface area contributed by atoms with E-state index < -0.39 is 11.8 Å². The number of nitrogens with zero attached hydrogens (tertiary/aromatic N) is 1. The van der Waals surface area contributed by atoms with E-state index in [9.17, 15) is 9.18 Å². The molecule has 4 aromatic rings. The van der Waals surface area contributed by atoms with E-state index >= 15 is 0 Å². The molecule has 0 atom stereocenters. The van der Waals surface area contributed by atoms with Crippen LogP contribution < -0.4 is 4.74 Å². The summed E-state index contributed by atoms with van der Waals surface area (Å²) < 4.78 is 19.0. The minimum Gasteiger partial charge on any atom is -0.423 e. The third-order valence-electron chi connectivity index (χ3n) is 4.95. The van der Waals surface area contributed by atoms with Crippen molar-refractivity contribution < 1.29 is 13.9 Å². The largest absolute Gasteiger partial charge is 0.423 e. The molecule has 0 aliphatic heterocycles. The number of benzene rings is 4. The second kappa shape index (κ2) is 7.73. The van der Waals surface area contributed by atoms with Gasteiger partial charge in [0.15, 0.2) is 0 Å². The summed E-state index contributed by atoms with van der Waals surface area (Å²) in [6, 6.07) is 21.4. The molecule has 0 amide bonds. The summed E-state index contributed by atoms with van der Waals surface area (Å²) in [6.45, 7) is 2.16. The van der Waals surface area contributed by atoms with E-state index in [-0.39, 0.29) is 11.3 Å². The lowest BCUT2D eigenvalue weighted by Gasteiger charge is -2.09. The quantitative estimate of drug-likeness (QED) is 0.240. The Morgan fingerprint density at radius 1 is 0.966 bits per heavy atom. The minimum absolute atomic E-state index is 0.0635. The SMILES string of the molecule is CCCc1ccc2c(ccc3cc(C(=O)Oc4ccc(C#N)c(F)c4)ccc32)c1. The van der Waals surface area contributed by atoms with E-state index in [1.165, 1.54) is 23.1 Å². The number of halogens is 1. The Balaban J connectivity index is 1.65. The number of esters is 1. The summed E-state index contributed by atoms with van der Waals surface area (Å²) in [4.78, 5) is 12.5. The highest BCUT2D eigenvalue weighted by molar-refractivity contribution is 6.09. The first kappa shape index (κ1) is 18.6. The number of hydrogen-bond acceptors (Lipinski definition) is 3. The summed E-state index contributed by atoms with van der Waals surface area (Å²) in [5.41, 5.74) is 1.60. The van der Waals surface area contributed by atoms with Gasteiger partial charge in [-0.25, -0.2) is 9.18 Å². The van der Waals surface area contributed by atoms with Gasteiger partial charge >= 0.3 is 5.97 Å². The topological polar surface area (TPSA) is 50.1 Å². The molecule has 0 radical (unpaired) electrons. The molecular weight excluding hydrogens is 365 g/mol. The van der Waals surface area contributed by atoms with E-state index in [2.05, 4.69) is 31.2 Å². The lowest BCUT2D eigenvalue weighted by atomic mass is 9.97. The summed E-state index contributed by atoms with van der Waals surface area (Å²) in [6.07, 6.45) is 2.16. The van der Waals surface area contributed by atoms with Crippen LogP contribution in [0.4, 0.5) is 4.39 Å². The van der Waals surface area contributed by atoms with Gasteiger partial charge in [0.1, 0.15) is 17.6 Å². The number of carbonyl (C=O) groups is 1. The molecule has 0 aromatic heterocycles. The van der Waals surface area contributed by atoms with Gasteiger partial charge in [0.05, 0.1) is 11.1 Å². The zero-order valence-corrected chi connectivity index (χ0v) is 15.9. The van der Waals surface area contributed by atoms with Crippen molar-refractivity contribution in [3.8, 4) is 11.8 Å². The van der Waals surface area contributed by atoms with Gasteiger partial charge in [0.2, 0.25) is 0 Å². The van der Waals surface area contributed by atoms with E-state index in [0.717, 1.165) is 35.1 Å². The van der Waals surface area contributed by atoms with Gasteiger partial charge in [-0.3, -0.25) is 0 Å². The van der Waals surface area contributed by atoms with E-state index in [4.69, 9.17) is 10.00 Å². The van der Waals surface area contributed by atoms with Crippen LogP contribution in [-0.2, 0) is 6.42 Å². The van der Waals surface area contributed by atoms with Gasteiger partial charge < -0.3 is 4.74 Å². The smallest absolute Gasteiger partial charge is 0.343 e. The van der Waals surface area contributed by atoms with Crippen molar-refractivity contribution in [2.75, 3.05) is 0 Å². The molecule has 4 aromatic carbocycles. The third-order valence-corrected chi connectivity index (χ3v) is 4.95. The van der Waals surface area contributed by atoms with Crippen molar-refractivity contribution in [3.63, 3.8) is 0 Å². The van der Waals surface area contributed by atoms with Crippen LogP contribution in [0.25, 0.3) is 21.5 Å². The average Bonchev–Trinajstić information content (AvgIpc) is 2.73. The molecule has 0 spiro atoms. The zero-order valence-electron chi connectivity index (χ0n) is 15.9. The lowest BCUT2D eigenvalue weighted by molar-refractivity contribution is 0.0734. The van der Waals surface area contributed by atoms with Gasteiger partial charge in [-0.05, 0) is 57.8 Å². The number of fused-ring (bicyclic) bond motifs is 3. The molecule has 0 aliphatic rings. The molecule has 0 heterocycles. The molecule has 0 unspecified atom stereocenters. The number of nitriles is 1. The van der Waals surface area contributed by atoms with Crippen LogP contribution in [0.2, 0.25) is 0 Å². The van der Waals surface area contributed by atoms with Crippen LogP contribution in [0.15, 0.2) is 66.7 Å². The van der Waals surface area contributed by atoms with Crippen LogP contribution >= 0.6 is 0 Å². The number of aryl methyl sites for hydroxylation is 1. The van der Waals surface area contributed by atoms with Crippen LogP contribution in [0.3, 0.4) is 0 Å². The molecule has 142 valence electrons. The molecule has 0 fully saturated rings. The molecule has 0 saturated carbocycles. The van der Waals surface area contributed by atoms with E-state index in [1.54, 1.807) is 18.2 Å². The first-order valence-electron chi connectivity index (χ1n) is 9.46. The fraction of sp³-hybridized carbons (Fsp3) is 0.120. The summed E-state index contributed by atoms with van der Waals surface area (Å²) in [7, 11) is 0. The number of rotatable bonds is 4. The molecule has 0 N–H and O–H groups in total. The Bertz CT molecular complexity index is 1290. The molecule has 4 rings (SSSR count). The van der Waals surface area contributed by atoms with Crippen LogP contribution in [0.5, 0.6) is 5.75 Å². The third kappa shape index (κ3) is 3.68. The first-order valence-corrected chi connectivity index (χ1v) is 9.46.